The second-order valence-electron chi connectivity index (χ2n) is 0.653. The Morgan fingerprint density at radius 2 is 2.43 bits per heavy atom. The lowest BCUT2D eigenvalue weighted by atomic mass is 11.1. The molecule has 7 heavy (non-hydrogen) atoms. The van der Waals surface area contributed by atoms with Crippen LogP contribution < -0.4 is 5.84 Å². The Bertz CT molecular complexity index is 71.0. The number of halogens is 1. The smallest absolute Gasteiger partial charge is 0.197 e. The number of hydrazone groups is 1. The quantitative estimate of drug-likeness (QED) is 0.184. The average molecular weight is 212 g/mol. The summed E-state index contributed by atoms with van der Waals surface area (Å²) in [6.45, 7) is 0. The van der Waals surface area contributed by atoms with Gasteiger partial charge in [-0.15, -0.1) is 0 Å². The largest absolute Gasteiger partial charge is 0.451 e. The van der Waals surface area contributed by atoms with E-state index in [1.54, 1.807) is 4.08 Å². The van der Waals surface area contributed by atoms with E-state index in [0.29, 0.717) is 0 Å². The maximum absolute atomic E-state index is 4.68. The minimum absolute atomic E-state index is 1.15. The first-order chi connectivity index (χ1) is 3.41. The van der Waals surface area contributed by atoms with Gasteiger partial charge in [-0.05, 0) is 22.6 Å². The van der Waals surface area contributed by atoms with Crippen molar-refractivity contribution in [2.45, 2.75) is 0 Å². The Hall–Kier alpha value is -0.260. The van der Waals surface area contributed by atoms with Gasteiger partial charge >= 0.3 is 0 Å². The monoisotopic (exact) mass is 212 g/mol. The minimum atomic E-state index is 1.15. The summed E-state index contributed by atoms with van der Waals surface area (Å²) < 4.78 is 6.24. The molecule has 0 aromatic carbocycles. The molecule has 0 radical (unpaired) electrons. The van der Waals surface area contributed by atoms with Crippen molar-refractivity contribution < 1.29 is 4.74 Å². The number of ether oxygens (including phenoxy) is 1. The lowest BCUT2D eigenvalue weighted by Gasteiger charge is -1.80. The number of nitrogens with two attached hydrogens (primary N) is 1. The third-order valence-corrected chi connectivity index (χ3v) is 0.545. The van der Waals surface area contributed by atoms with E-state index in [9.17, 15) is 0 Å². The Balaban J connectivity index is 2.98. The van der Waals surface area contributed by atoms with Gasteiger partial charge < -0.3 is 10.6 Å². The molecule has 2 N–H and O–H groups in total. The van der Waals surface area contributed by atoms with Crippen LogP contribution in [0.4, 0.5) is 0 Å². The third kappa shape index (κ3) is 5.74. The molecule has 0 aliphatic heterocycles. The molecular formula is C3H5IN2O. The average Bonchev–Trinajstić information content (AvgIpc) is 1.69. The second-order valence-corrected chi connectivity index (χ2v) is 1.37. The molecule has 0 atom stereocenters. The lowest BCUT2D eigenvalue weighted by Crippen LogP contribution is -1.82. The van der Waals surface area contributed by atoms with Crippen molar-refractivity contribution in [2.24, 2.45) is 10.9 Å². The van der Waals surface area contributed by atoms with E-state index in [2.05, 4.69) is 15.7 Å². The summed E-state index contributed by atoms with van der Waals surface area (Å²) in [6, 6.07) is 0. The van der Waals surface area contributed by atoms with Crippen LogP contribution in [-0.4, -0.2) is 6.40 Å². The number of hydrogen-bond donors (Lipinski definition) is 1. The van der Waals surface area contributed by atoms with Crippen molar-refractivity contribution in [3.8, 4) is 0 Å². The predicted molar refractivity (Wildman–Crippen MR) is 36.9 cm³/mol. The van der Waals surface area contributed by atoms with Gasteiger partial charge in [0.2, 0.25) is 0 Å². The van der Waals surface area contributed by atoms with Crippen LogP contribution in [0.3, 0.4) is 0 Å². The maximum Gasteiger partial charge on any atom is 0.197 e. The van der Waals surface area contributed by atoms with Crippen molar-refractivity contribution in [3.63, 3.8) is 0 Å². The summed E-state index contributed by atoms with van der Waals surface area (Å²) in [5.41, 5.74) is 0. The fraction of sp³-hybridized carbons (Fsp3) is 0. The minimum Gasteiger partial charge on any atom is -0.451 e. The normalized spacial score (nSPS) is 11.0. The van der Waals surface area contributed by atoms with Crippen LogP contribution in [0.25, 0.3) is 0 Å². The fourth-order valence-electron chi connectivity index (χ4n) is 0.1000. The van der Waals surface area contributed by atoms with Gasteiger partial charge in [0.15, 0.2) is 6.40 Å². The molecule has 0 aromatic rings. The van der Waals surface area contributed by atoms with Crippen molar-refractivity contribution >= 4 is 29.0 Å². The molecule has 4 heteroatoms. The van der Waals surface area contributed by atoms with Crippen LogP contribution in [-0.2, 0) is 4.74 Å². The highest BCUT2D eigenvalue weighted by Gasteiger charge is 1.59. The highest BCUT2D eigenvalue weighted by molar-refractivity contribution is 14.1. The van der Waals surface area contributed by atoms with Crippen LogP contribution in [0.15, 0.2) is 15.4 Å². The van der Waals surface area contributed by atoms with Crippen molar-refractivity contribution in [2.75, 3.05) is 0 Å². The number of nitrogens with zero attached hydrogens (tertiary/aromatic N) is 1. The van der Waals surface area contributed by atoms with E-state index < -0.39 is 0 Å². The molecule has 40 valence electrons. The molecule has 0 aliphatic carbocycles. The Morgan fingerprint density at radius 3 is 2.86 bits per heavy atom. The van der Waals surface area contributed by atoms with E-state index in [4.69, 9.17) is 0 Å². The Morgan fingerprint density at radius 1 is 1.71 bits per heavy atom. The highest BCUT2D eigenvalue weighted by Crippen LogP contribution is 1.81. The van der Waals surface area contributed by atoms with E-state index in [1.165, 1.54) is 6.26 Å². The summed E-state index contributed by atoms with van der Waals surface area (Å²) in [5, 5.41) is 3.07. The molecule has 0 amide bonds. The lowest BCUT2D eigenvalue weighted by molar-refractivity contribution is 0.493. The molecule has 0 rings (SSSR count). The molecular weight excluding hydrogens is 207 g/mol. The summed E-state index contributed by atoms with van der Waals surface area (Å²) in [5.74, 6) is 4.68. The SMILES string of the molecule is N/N=C\O/C=C/I. The first-order valence-corrected chi connectivity index (χ1v) is 2.78. The zero-order valence-corrected chi connectivity index (χ0v) is 5.70. The van der Waals surface area contributed by atoms with Crippen LogP contribution >= 0.6 is 22.6 Å². The Kier molecular flexibility index (Phi) is 5.53. The summed E-state index contributed by atoms with van der Waals surface area (Å²) in [4.78, 5) is 0. The van der Waals surface area contributed by atoms with Gasteiger partial charge in [-0.3, -0.25) is 0 Å². The molecule has 0 saturated carbocycles. The van der Waals surface area contributed by atoms with Gasteiger partial charge in [-0.25, -0.2) is 0 Å². The van der Waals surface area contributed by atoms with Gasteiger partial charge in [-0.2, -0.15) is 5.10 Å². The van der Waals surface area contributed by atoms with Gasteiger partial charge in [0, 0.05) is 4.08 Å². The molecule has 0 unspecified atom stereocenters. The van der Waals surface area contributed by atoms with Crippen LogP contribution in [0.5, 0.6) is 0 Å². The molecule has 0 heterocycles. The number of hydrogen-bond acceptors (Lipinski definition) is 3. The topological polar surface area (TPSA) is 47.6 Å². The molecule has 0 aromatic heterocycles. The van der Waals surface area contributed by atoms with Gasteiger partial charge in [0.25, 0.3) is 0 Å². The van der Waals surface area contributed by atoms with Crippen molar-refractivity contribution in [3.05, 3.63) is 10.3 Å². The maximum atomic E-state index is 4.68. The molecule has 0 aliphatic rings. The van der Waals surface area contributed by atoms with Crippen LogP contribution in [0.2, 0.25) is 0 Å². The van der Waals surface area contributed by atoms with Crippen LogP contribution in [0.1, 0.15) is 0 Å². The van der Waals surface area contributed by atoms with E-state index in [-0.39, 0.29) is 0 Å². The first kappa shape index (κ1) is 6.74. The summed E-state index contributed by atoms with van der Waals surface area (Å²) in [7, 11) is 0. The summed E-state index contributed by atoms with van der Waals surface area (Å²) in [6.07, 6.45) is 2.62. The van der Waals surface area contributed by atoms with Crippen molar-refractivity contribution in [1.82, 2.24) is 0 Å². The Labute approximate surface area is 55.4 Å². The molecule has 0 fully saturated rings. The fourth-order valence-corrected chi connectivity index (χ4v) is 0.269. The van der Waals surface area contributed by atoms with E-state index in [0.717, 1.165) is 6.40 Å². The van der Waals surface area contributed by atoms with Gasteiger partial charge in [0.05, 0.1) is 6.26 Å². The highest BCUT2D eigenvalue weighted by atomic mass is 127. The number of rotatable bonds is 2. The first-order valence-electron chi connectivity index (χ1n) is 1.54. The van der Waals surface area contributed by atoms with Gasteiger partial charge in [-0.1, -0.05) is 0 Å². The van der Waals surface area contributed by atoms with Crippen molar-refractivity contribution in [1.29, 1.82) is 0 Å². The zero-order valence-electron chi connectivity index (χ0n) is 3.54. The molecule has 3 nitrogen and oxygen atoms in total. The van der Waals surface area contributed by atoms with Crippen LogP contribution in [0, 0.1) is 0 Å². The van der Waals surface area contributed by atoms with Gasteiger partial charge in [0.1, 0.15) is 0 Å². The predicted octanol–water partition coefficient (Wildman–Crippen LogP) is 0.811. The molecule has 0 saturated heterocycles. The molecule has 0 bridgehead atoms. The molecule has 0 spiro atoms. The van der Waals surface area contributed by atoms with E-state index >= 15 is 0 Å². The standard InChI is InChI=1S/C3H5IN2O/c4-1-2-7-3-6-5/h1-3H,5H2/b2-1+,6-3-. The zero-order chi connectivity index (χ0) is 5.54. The van der Waals surface area contributed by atoms with E-state index in [1.807, 2.05) is 22.6 Å². The second kappa shape index (κ2) is 5.74. The summed E-state index contributed by atoms with van der Waals surface area (Å²) >= 11 is 2.02. The third-order valence-electron chi connectivity index (χ3n) is 0.252.